The molecule has 33 heavy (non-hydrogen) atoms. The van der Waals surface area contributed by atoms with E-state index in [0.717, 1.165) is 12.0 Å². The van der Waals surface area contributed by atoms with Gasteiger partial charge in [-0.25, -0.2) is 0 Å². The first-order valence-corrected chi connectivity index (χ1v) is 12.5. The fraction of sp³-hybridized carbons (Fsp3) is 0.308. The smallest absolute Gasteiger partial charge is 0.254 e. The molecule has 1 aliphatic rings. The Labute approximate surface area is 208 Å². The van der Waals surface area contributed by atoms with E-state index in [-0.39, 0.29) is 24.4 Å². The second kappa shape index (κ2) is 9.49. The van der Waals surface area contributed by atoms with E-state index in [9.17, 15) is 9.59 Å². The summed E-state index contributed by atoms with van der Waals surface area (Å²) in [6.07, 6.45) is 0.818. The Morgan fingerprint density at radius 3 is 2.45 bits per heavy atom. The fourth-order valence-corrected chi connectivity index (χ4v) is 5.41. The van der Waals surface area contributed by atoms with Crippen LogP contribution >= 0.6 is 34.5 Å². The number of benzene rings is 2. The van der Waals surface area contributed by atoms with Crippen LogP contribution in [0.4, 0.5) is 0 Å². The van der Waals surface area contributed by atoms with Crippen molar-refractivity contribution in [2.45, 2.75) is 38.8 Å². The Balaban J connectivity index is 1.65. The third kappa shape index (κ3) is 4.96. The zero-order chi connectivity index (χ0) is 23.8. The SMILES string of the molecule is CC(C)(C)N(CC(=O)N1CCc2sccc2C1c1ccccc1)C(=O)c1ccc(Cl)c(Cl)c1. The minimum Gasteiger partial charge on any atom is -0.330 e. The molecular weight excluding hydrogens is 475 g/mol. The summed E-state index contributed by atoms with van der Waals surface area (Å²) < 4.78 is 0. The van der Waals surface area contributed by atoms with Crippen LogP contribution in [0.25, 0.3) is 0 Å². The van der Waals surface area contributed by atoms with E-state index < -0.39 is 5.54 Å². The summed E-state index contributed by atoms with van der Waals surface area (Å²) in [6.45, 7) is 6.38. The summed E-state index contributed by atoms with van der Waals surface area (Å²) in [7, 11) is 0. The molecule has 1 unspecified atom stereocenters. The summed E-state index contributed by atoms with van der Waals surface area (Å²) in [5, 5.41) is 2.79. The van der Waals surface area contributed by atoms with Crippen molar-refractivity contribution in [3.63, 3.8) is 0 Å². The normalized spacial score (nSPS) is 15.8. The summed E-state index contributed by atoms with van der Waals surface area (Å²) in [4.78, 5) is 32.0. The fourth-order valence-electron chi connectivity index (χ4n) is 4.20. The molecule has 0 aliphatic carbocycles. The van der Waals surface area contributed by atoms with Gasteiger partial charge >= 0.3 is 0 Å². The number of fused-ring (bicyclic) bond motifs is 1. The van der Waals surface area contributed by atoms with E-state index in [1.807, 2.05) is 43.9 Å². The van der Waals surface area contributed by atoms with Crippen LogP contribution in [-0.2, 0) is 11.2 Å². The summed E-state index contributed by atoms with van der Waals surface area (Å²) in [5.74, 6) is -0.331. The molecule has 0 radical (unpaired) electrons. The van der Waals surface area contributed by atoms with Crippen LogP contribution in [0.3, 0.4) is 0 Å². The molecule has 0 N–H and O–H groups in total. The molecular formula is C26H26Cl2N2O2S. The zero-order valence-electron chi connectivity index (χ0n) is 18.8. The molecule has 172 valence electrons. The van der Waals surface area contributed by atoms with Crippen LogP contribution in [0.15, 0.2) is 60.0 Å². The van der Waals surface area contributed by atoms with E-state index in [1.165, 1.54) is 10.4 Å². The maximum Gasteiger partial charge on any atom is 0.254 e. The van der Waals surface area contributed by atoms with E-state index >= 15 is 0 Å². The lowest BCUT2D eigenvalue weighted by molar-refractivity contribution is -0.135. The first-order chi connectivity index (χ1) is 15.7. The molecule has 0 fully saturated rings. The molecule has 0 spiro atoms. The van der Waals surface area contributed by atoms with Crippen molar-refractivity contribution in [1.82, 2.24) is 9.80 Å². The molecule has 7 heteroatoms. The number of hydrogen-bond donors (Lipinski definition) is 0. The van der Waals surface area contributed by atoms with Crippen LogP contribution in [0, 0.1) is 0 Å². The molecule has 0 bridgehead atoms. The Morgan fingerprint density at radius 2 is 1.79 bits per heavy atom. The molecule has 4 nitrogen and oxygen atoms in total. The first-order valence-electron chi connectivity index (χ1n) is 10.8. The van der Waals surface area contributed by atoms with Gasteiger partial charge in [0.05, 0.1) is 16.1 Å². The standard InChI is InChI=1S/C26H26Cl2N2O2S/c1-26(2,3)30(25(32)18-9-10-20(27)21(28)15-18)16-23(31)29-13-11-22-19(12-14-33-22)24(29)17-7-5-4-6-8-17/h4-10,12,14-15,24H,11,13,16H2,1-3H3. The summed E-state index contributed by atoms with van der Waals surface area (Å²) in [6, 6.07) is 16.8. The average Bonchev–Trinajstić information content (AvgIpc) is 3.26. The Morgan fingerprint density at radius 1 is 1.06 bits per heavy atom. The van der Waals surface area contributed by atoms with Crippen molar-refractivity contribution >= 4 is 46.4 Å². The van der Waals surface area contributed by atoms with Gasteiger partial charge in [0.25, 0.3) is 5.91 Å². The molecule has 1 aromatic heterocycles. The van der Waals surface area contributed by atoms with Gasteiger partial charge in [-0.05, 0) is 68.0 Å². The van der Waals surface area contributed by atoms with Gasteiger partial charge in [-0.3, -0.25) is 9.59 Å². The van der Waals surface area contributed by atoms with E-state index in [4.69, 9.17) is 23.2 Å². The number of carbonyl (C=O) groups is 2. The molecule has 3 aromatic rings. The number of amides is 2. The largest absolute Gasteiger partial charge is 0.330 e. The van der Waals surface area contributed by atoms with Crippen molar-refractivity contribution in [3.8, 4) is 0 Å². The molecule has 1 aliphatic heterocycles. The quantitative estimate of drug-likeness (QED) is 0.411. The van der Waals surface area contributed by atoms with Gasteiger partial charge in [0.1, 0.15) is 6.54 Å². The molecule has 2 heterocycles. The maximum atomic E-state index is 13.7. The number of nitrogens with zero attached hydrogens (tertiary/aromatic N) is 2. The average molecular weight is 501 g/mol. The highest BCUT2D eigenvalue weighted by atomic mass is 35.5. The predicted octanol–water partition coefficient (Wildman–Crippen LogP) is 6.47. The van der Waals surface area contributed by atoms with Gasteiger partial charge < -0.3 is 9.80 Å². The van der Waals surface area contributed by atoms with E-state index in [0.29, 0.717) is 22.2 Å². The lowest BCUT2D eigenvalue weighted by Gasteiger charge is -2.40. The van der Waals surface area contributed by atoms with Crippen LogP contribution in [0.1, 0.15) is 53.2 Å². The van der Waals surface area contributed by atoms with Gasteiger partial charge in [-0.1, -0.05) is 53.5 Å². The molecule has 1 atom stereocenters. The van der Waals surface area contributed by atoms with Gasteiger partial charge in [-0.2, -0.15) is 0 Å². The number of rotatable bonds is 4. The minimum absolute atomic E-state index is 0.0224. The third-order valence-corrected chi connectivity index (χ3v) is 7.65. The molecule has 2 aromatic carbocycles. The first kappa shape index (κ1) is 23.8. The topological polar surface area (TPSA) is 40.6 Å². The van der Waals surface area contributed by atoms with Crippen LogP contribution in [0.5, 0.6) is 0 Å². The monoisotopic (exact) mass is 500 g/mol. The van der Waals surface area contributed by atoms with Crippen LogP contribution in [0.2, 0.25) is 10.0 Å². The van der Waals surface area contributed by atoms with Gasteiger partial charge in [0.2, 0.25) is 5.91 Å². The van der Waals surface area contributed by atoms with Gasteiger partial charge in [-0.15, -0.1) is 11.3 Å². The number of thiophene rings is 1. The number of halogens is 2. The van der Waals surface area contributed by atoms with E-state index in [1.54, 1.807) is 34.4 Å². The summed E-state index contributed by atoms with van der Waals surface area (Å²) in [5.41, 5.74) is 2.09. The minimum atomic E-state index is -0.565. The van der Waals surface area contributed by atoms with Gasteiger partial charge in [0.15, 0.2) is 0 Å². The predicted molar refractivity (Wildman–Crippen MR) is 135 cm³/mol. The van der Waals surface area contributed by atoms with Crippen LogP contribution in [-0.4, -0.2) is 40.2 Å². The molecule has 0 saturated heterocycles. The highest BCUT2D eigenvalue weighted by molar-refractivity contribution is 7.10. The van der Waals surface area contributed by atoms with Crippen molar-refractivity contribution in [1.29, 1.82) is 0 Å². The number of carbonyl (C=O) groups excluding carboxylic acids is 2. The van der Waals surface area contributed by atoms with Gasteiger partial charge in [0, 0.05) is 22.5 Å². The Bertz CT molecular complexity index is 1170. The Kier molecular flexibility index (Phi) is 6.85. The highest BCUT2D eigenvalue weighted by Crippen LogP contribution is 2.38. The zero-order valence-corrected chi connectivity index (χ0v) is 21.2. The Hall–Kier alpha value is -2.34. The van der Waals surface area contributed by atoms with Crippen molar-refractivity contribution in [3.05, 3.63) is 91.6 Å². The molecule has 4 rings (SSSR count). The molecule has 2 amide bonds. The maximum absolute atomic E-state index is 13.7. The lowest BCUT2D eigenvalue weighted by Crippen LogP contribution is -2.52. The molecule has 0 saturated carbocycles. The van der Waals surface area contributed by atoms with E-state index in [2.05, 4.69) is 23.6 Å². The highest BCUT2D eigenvalue weighted by Gasteiger charge is 2.36. The summed E-state index contributed by atoms with van der Waals surface area (Å²) >= 11 is 13.9. The van der Waals surface area contributed by atoms with Crippen molar-refractivity contribution in [2.24, 2.45) is 0 Å². The lowest BCUT2D eigenvalue weighted by atomic mass is 9.93. The second-order valence-corrected chi connectivity index (χ2v) is 11.0. The van der Waals surface area contributed by atoms with Crippen LogP contribution < -0.4 is 0 Å². The number of hydrogen-bond acceptors (Lipinski definition) is 3. The van der Waals surface area contributed by atoms with Crippen molar-refractivity contribution < 1.29 is 9.59 Å². The second-order valence-electron chi connectivity index (χ2n) is 9.14. The van der Waals surface area contributed by atoms with Crippen molar-refractivity contribution in [2.75, 3.05) is 13.1 Å². The third-order valence-electron chi connectivity index (χ3n) is 5.92.